The Morgan fingerprint density at radius 3 is 2.71 bits per heavy atom. The van der Waals surface area contributed by atoms with E-state index in [-0.39, 0.29) is 10.9 Å². The molecule has 6 heteroatoms. The molecule has 0 aliphatic heterocycles. The van der Waals surface area contributed by atoms with Crippen molar-refractivity contribution in [3.63, 3.8) is 0 Å². The van der Waals surface area contributed by atoms with Gasteiger partial charge in [0.25, 0.3) is 0 Å². The Morgan fingerprint density at radius 1 is 1.33 bits per heavy atom. The molecule has 0 aliphatic rings. The number of para-hydroxylation sites is 1. The summed E-state index contributed by atoms with van der Waals surface area (Å²) in [6.07, 6.45) is 0. The third kappa shape index (κ3) is 3.44. The highest BCUT2D eigenvalue weighted by Crippen LogP contribution is 2.22. The third-order valence-electron chi connectivity index (χ3n) is 3.10. The van der Waals surface area contributed by atoms with Gasteiger partial charge in [0.1, 0.15) is 5.82 Å². The predicted octanol–water partition coefficient (Wildman–Crippen LogP) is 3.21. The molecule has 0 bridgehead atoms. The van der Waals surface area contributed by atoms with Gasteiger partial charge in [-0.1, -0.05) is 35.0 Å². The molecule has 21 heavy (non-hydrogen) atoms. The van der Waals surface area contributed by atoms with Crippen LogP contribution in [0.4, 0.5) is 10.1 Å². The minimum atomic E-state index is -0.444. The lowest BCUT2D eigenvalue weighted by atomic mass is 10.1. The largest absolute Gasteiger partial charge is 0.409 e. The summed E-state index contributed by atoms with van der Waals surface area (Å²) in [5.74, 6) is -0.408. The fourth-order valence-corrected chi connectivity index (χ4v) is 2.28. The highest BCUT2D eigenvalue weighted by atomic mass is 35.5. The van der Waals surface area contributed by atoms with Gasteiger partial charge in [-0.2, -0.15) is 0 Å². The summed E-state index contributed by atoms with van der Waals surface area (Å²) in [6.45, 7) is 0.510. The van der Waals surface area contributed by atoms with Gasteiger partial charge >= 0.3 is 0 Å². The Morgan fingerprint density at radius 2 is 2.05 bits per heavy atom. The van der Waals surface area contributed by atoms with E-state index in [2.05, 4.69) is 5.16 Å². The predicted molar refractivity (Wildman–Crippen MR) is 82.5 cm³/mol. The molecule has 0 fully saturated rings. The summed E-state index contributed by atoms with van der Waals surface area (Å²) in [5, 5.41) is 12.0. The molecule has 0 unspecified atom stereocenters. The number of halogens is 2. The monoisotopic (exact) mass is 307 g/mol. The standard InChI is InChI=1S/C15H15ClFN3O/c1-20(9-10-6-7-13(17)12(16)8-10)14-5-3-2-4-11(14)15(18)19-21/h2-8,21H,9H2,1H3,(H2,18,19). The van der Waals surface area contributed by atoms with Crippen LogP contribution in [0.15, 0.2) is 47.6 Å². The Kier molecular flexibility index (Phi) is 4.65. The zero-order valence-electron chi connectivity index (χ0n) is 11.4. The van der Waals surface area contributed by atoms with Crippen molar-refractivity contribution in [2.24, 2.45) is 10.9 Å². The normalized spacial score (nSPS) is 11.5. The molecule has 4 nitrogen and oxygen atoms in total. The van der Waals surface area contributed by atoms with E-state index in [0.717, 1.165) is 11.3 Å². The second kappa shape index (κ2) is 6.45. The molecule has 0 saturated heterocycles. The maximum absolute atomic E-state index is 13.2. The molecule has 2 aromatic carbocycles. The van der Waals surface area contributed by atoms with Crippen molar-refractivity contribution in [1.29, 1.82) is 0 Å². The summed E-state index contributed by atoms with van der Waals surface area (Å²) in [6, 6.07) is 11.9. The molecule has 3 N–H and O–H groups in total. The van der Waals surface area contributed by atoms with Gasteiger partial charge in [-0.3, -0.25) is 0 Å². The lowest BCUT2D eigenvalue weighted by Gasteiger charge is -2.22. The van der Waals surface area contributed by atoms with Crippen molar-refractivity contribution in [2.75, 3.05) is 11.9 Å². The Balaban J connectivity index is 2.28. The number of nitrogens with zero attached hydrogens (tertiary/aromatic N) is 2. The van der Waals surface area contributed by atoms with Crippen molar-refractivity contribution in [2.45, 2.75) is 6.54 Å². The molecule has 0 amide bonds. The average molecular weight is 308 g/mol. The number of rotatable bonds is 4. The summed E-state index contributed by atoms with van der Waals surface area (Å²) in [4.78, 5) is 1.91. The number of hydrogen-bond acceptors (Lipinski definition) is 3. The van der Waals surface area contributed by atoms with Crippen LogP contribution in [0.3, 0.4) is 0 Å². The van der Waals surface area contributed by atoms with Crippen LogP contribution in [0.5, 0.6) is 0 Å². The molecule has 110 valence electrons. The lowest BCUT2D eigenvalue weighted by molar-refractivity contribution is 0.318. The minimum absolute atomic E-state index is 0.0367. The van der Waals surface area contributed by atoms with E-state index in [9.17, 15) is 4.39 Å². The van der Waals surface area contributed by atoms with Gasteiger partial charge in [0, 0.05) is 24.8 Å². The van der Waals surface area contributed by atoms with E-state index >= 15 is 0 Å². The second-order valence-electron chi connectivity index (χ2n) is 4.61. The zero-order valence-corrected chi connectivity index (χ0v) is 12.2. The van der Waals surface area contributed by atoms with Crippen LogP contribution >= 0.6 is 11.6 Å². The molecule has 0 saturated carbocycles. The SMILES string of the molecule is CN(Cc1ccc(F)c(Cl)c1)c1ccccc1/C(N)=N/O. The number of oxime groups is 1. The highest BCUT2D eigenvalue weighted by molar-refractivity contribution is 6.30. The first-order chi connectivity index (χ1) is 10.0. The van der Waals surface area contributed by atoms with Crippen LogP contribution in [0.1, 0.15) is 11.1 Å². The first-order valence-electron chi connectivity index (χ1n) is 6.25. The van der Waals surface area contributed by atoms with Gasteiger partial charge in [0.15, 0.2) is 5.84 Å². The van der Waals surface area contributed by atoms with Crippen molar-refractivity contribution in [3.8, 4) is 0 Å². The second-order valence-corrected chi connectivity index (χ2v) is 5.01. The van der Waals surface area contributed by atoms with E-state index in [4.69, 9.17) is 22.5 Å². The summed E-state index contributed by atoms with van der Waals surface area (Å²) in [5.41, 5.74) is 7.95. The smallest absolute Gasteiger partial charge is 0.172 e. The van der Waals surface area contributed by atoms with Gasteiger partial charge in [-0.05, 0) is 29.8 Å². The van der Waals surface area contributed by atoms with Crippen LogP contribution in [-0.4, -0.2) is 18.1 Å². The van der Waals surface area contributed by atoms with Crippen LogP contribution in [0, 0.1) is 5.82 Å². The first kappa shape index (κ1) is 15.1. The molecule has 0 aromatic heterocycles. The summed E-state index contributed by atoms with van der Waals surface area (Å²) in [7, 11) is 1.86. The average Bonchev–Trinajstić information content (AvgIpc) is 2.50. The van der Waals surface area contributed by atoms with E-state index in [1.807, 2.05) is 24.1 Å². The van der Waals surface area contributed by atoms with E-state index in [1.54, 1.807) is 24.3 Å². The number of amidine groups is 1. The molecular weight excluding hydrogens is 293 g/mol. The van der Waals surface area contributed by atoms with Gasteiger partial charge in [0.05, 0.1) is 5.02 Å². The van der Waals surface area contributed by atoms with Gasteiger partial charge in [0.2, 0.25) is 0 Å². The van der Waals surface area contributed by atoms with Gasteiger partial charge in [-0.15, -0.1) is 0 Å². The fourth-order valence-electron chi connectivity index (χ4n) is 2.07. The van der Waals surface area contributed by atoms with Crippen LogP contribution in [0.2, 0.25) is 5.02 Å². The number of anilines is 1. The van der Waals surface area contributed by atoms with E-state index in [0.29, 0.717) is 12.1 Å². The van der Waals surface area contributed by atoms with Crippen molar-refractivity contribution in [3.05, 3.63) is 64.4 Å². The van der Waals surface area contributed by atoms with Gasteiger partial charge < -0.3 is 15.8 Å². The molecule has 2 aromatic rings. The zero-order chi connectivity index (χ0) is 15.4. The topological polar surface area (TPSA) is 61.8 Å². The van der Waals surface area contributed by atoms with Gasteiger partial charge in [-0.25, -0.2) is 4.39 Å². The summed E-state index contributed by atoms with van der Waals surface area (Å²) >= 11 is 5.78. The minimum Gasteiger partial charge on any atom is -0.409 e. The molecule has 2 rings (SSSR count). The van der Waals surface area contributed by atoms with E-state index in [1.165, 1.54) is 6.07 Å². The number of benzene rings is 2. The molecule has 0 radical (unpaired) electrons. The number of nitrogens with two attached hydrogens (primary N) is 1. The number of hydrogen-bond donors (Lipinski definition) is 2. The molecule has 0 aliphatic carbocycles. The Bertz CT molecular complexity index is 676. The molecule has 0 atom stereocenters. The van der Waals surface area contributed by atoms with Crippen molar-refractivity contribution >= 4 is 23.1 Å². The lowest BCUT2D eigenvalue weighted by Crippen LogP contribution is -2.22. The van der Waals surface area contributed by atoms with E-state index < -0.39 is 5.82 Å². The fraction of sp³-hybridized carbons (Fsp3) is 0.133. The van der Waals surface area contributed by atoms with Crippen LogP contribution in [0.25, 0.3) is 0 Å². The Labute approximate surface area is 127 Å². The molecule has 0 heterocycles. The first-order valence-corrected chi connectivity index (χ1v) is 6.62. The molecular formula is C15H15ClFN3O. The Hall–Kier alpha value is -2.27. The van der Waals surface area contributed by atoms with Crippen molar-refractivity contribution < 1.29 is 9.60 Å². The molecule has 0 spiro atoms. The maximum Gasteiger partial charge on any atom is 0.172 e. The highest BCUT2D eigenvalue weighted by Gasteiger charge is 2.11. The van der Waals surface area contributed by atoms with Crippen molar-refractivity contribution in [1.82, 2.24) is 0 Å². The van der Waals surface area contributed by atoms with Crippen LogP contribution in [-0.2, 0) is 6.54 Å². The quantitative estimate of drug-likeness (QED) is 0.394. The summed E-state index contributed by atoms with van der Waals surface area (Å²) < 4.78 is 13.2. The van der Waals surface area contributed by atoms with Crippen LogP contribution < -0.4 is 10.6 Å². The third-order valence-corrected chi connectivity index (χ3v) is 3.39. The maximum atomic E-state index is 13.2.